The van der Waals surface area contributed by atoms with Crippen LogP contribution in [-0.2, 0) is 20.9 Å². The van der Waals surface area contributed by atoms with E-state index in [4.69, 9.17) is 20.8 Å². The molecule has 2 aromatic heterocycles. The van der Waals surface area contributed by atoms with Gasteiger partial charge in [0.25, 0.3) is 0 Å². The number of hydrogen-bond donors (Lipinski definition) is 1. The standard InChI is InChI=1S/C42H52ClN3O4S/c1-27-14-13-15-29(22-27)41(9,10)50-35-19-17-30(24-32(35)43)46-37-31-23-28(16-18-33(31)44-26-45-37)34-20-21-36(49-34)39(5,6)25-40(7,8)42(11,12)51(47,48)38(2,3)4/h13-24,26H,25H2,1-12H3,(H,44,45,46). The van der Waals surface area contributed by atoms with E-state index in [1.807, 2.05) is 96.1 Å². The maximum Gasteiger partial charge on any atom is 0.160 e. The van der Waals surface area contributed by atoms with Crippen LogP contribution in [0.5, 0.6) is 5.75 Å². The molecule has 0 saturated carbocycles. The third kappa shape index (κ3) is 7.54. The molecule has 0 aliphatic rings. The number of aromatic nitrogens is 2. The van der Waals surface area contributed by atoms with Crippen molar-refractivity contribution >= 4 is 43.8 Å². The highest BCUT2D eigenvalue weighted by Gasteiger charge is 2.53. The van der Waals surface area contributed by atoms with Gasteiger partial charge in [-0.05, 0) is 121 Å². The fraction of sp³-hybridized carbons (Fsp3) is 0.429. The summed E-state index contributed by atoms with van der Waals surface area (Å²) in [6.45, 7) is 23.4. The molecule has 3 aromatic carbocycles. The Bertz CT molecular complexity index is 2180. The number of aryl methyl sites for hydroxylation is 1. The van der Waals surface area contributed by atoms with E-state index >= 15 is 0 Å². The van der Waals surface area contributed by atoms with Crippen molar-refractivity contribution in [3.05, 3.63) is 101 Å². The van der Waals surface area contributed by atoms with Gasteiger partial charge in [0.2, 0.25) is 0 Å². The van der Waals surface area contributed by atoms with Crippen molar-refractivity contribution in [3.63, 3.8) is 0 Å². The third-order valence-corrected chi connectivity index (χ3v) is 14.3. The number of anilines is 2. The summed E-state index contributed by atoms with van der Waals surface area (Å²) in [4.78, 5) is 9.06. The van der Waals surface area contributed by atoms with Crippen molar-refractivity contribution in [2.45, 2.75) is 110 Å². The molecule has 0 aliphatic carbocycles. The van der Waals surface area contributed by atoms with Crippen molar-refractivity contribution < 1.29 is 17.6 Å². The summed E-state index contributed by atoms with van der Waals surface area (Å²) in [6, 6.07) is 23.8. The molecule has 2 heterocycles. The minimum absolute atomic E-state index is 0.441. The molecule has 0 unspecified atom stereocenters. The van der Waals surface area contributed by atoms with Crippen LogP contribution in [0, 0.1) is 12.3 Å². The van der Waals surface area contributed by atoms with Crippen molar-refractivity contribution in [3.8, 4) is 17.1 Å². The van der Waals surface area contributed by atoms with Crippen LogP contribution in [-0.4, -0.2) is 27.9 Å². The van der Waals surface area contributed by atoms with Gasteiger partial charge in [-0.1, -0.05) is 69.1 Å². The lowest BCUT2D eigenvalue weighted by atomic mass is 9.68. The van der Waals surface area contributed by atoms with Gasteiger partial charge in [0.15, 0.2) is 9.84 Å². The Labute approximate surface area is 309 Å². The second-order valence-electron chi connectivity index (χ2n) is 16.9. The van der Waals surface area contributed by atoms with E-state index in [1.165, 1.54) is 11.9 Å². The van der Waals surface area contributed by atoms with Crippen molar-refractivity contribution in [1.29, 1.82) is 0 Å². The Morgan fingerprint density at radius 1 is 0.824 bits per heavy atom. The lowest BCUT2D eigenvalue weighted by Crippen LogP contribution is -2.54. The van der Waals surface area contributed by atoms with Gasteiger partial charge in [-0.2, -0.15) is 0 Å². The van der Waals surface area contributed by atoms with Gasteiger partial charge in [0.1, 0.15) is 35.0 Å². The molecule has 0 fully saturated rings. The summed E-state index contributed by atoms with van der Waals surface area (Å²) in [7, 11) is -3.46. The van der Waals surface area contributed by atoms with Crippen LogP contribution in [0.2, 0.25) is 5.02 Å². The van der Waals surface area contributed by atoms with E-state index in [-0.39, 0.29) is 0 Å². The smallest absolute Gasteiger partial charge is 0.160 e. The highest BCUT2D eigenvalue weighted by Crippen LogP contribution is 2.49. The van der Waals surface area contributed by atoms with E-state index in [0.29, 0.717) is 28.8 Å². The summed E-state index contributed by atoms with van der Waals surface area (Å²) in [5.41, 5.74) is 3.06. The highest BCUT2D eigenvalue weighted by molar-refractivity contribution is 7.94. The summed E-state index contributed by atoms with van der Waals surface area (Å²) in [5, 5.41) is 4.72. The van der Waals surface area contributed by atoms with Crippen LogP contribution in [0.3, 0.4) is 0 Å². The summed E-state index contributed by atoms with van der Waals surface area (Å²) in [5.74, 6) is 2.71. The van der Waals surface area contributed by atoms with Crippen LogP contribution in [0.15, 0.2) is 83.5 Å². The van der Waals surface area contributed by atoms with Crippen LogP contribution < -0.4 is 10.1 Å². The lowest BCUT2D eigenvalue weighted by Gasteiger charge is -2.47. The van der Waals surface area contributed by atoms with Crippen LogP contribution in [0.25, 0.3) is 22.2 Å². The number of sulfone groups is 1. The average Bonchev–Trinajstić information content (AvgIpc) is 3.53. The number of rotatable bonds is 11. The Hall–Kier alpha value is -3.88. The number of nitrogens with one attached hydrogen (secondary N) is 1. The largest absolute Gasteiger partial charge is 0.482 e. The zero-order valence-corrected chi connectivity index (χ0v) is 33.6. The fourth-order valence-corrected chi connectivity index (χ4v) is 9.40. The minimum Gasteiger partial charge on any atom is -0.482 e. The lowest BCUT2D eigenvalue weighted by molar-refractivity contribution is 0.109. The second kappa shape index (κ2) is 13.3. The normalized spacial score (nSPS) is 13.4. The zero-order chi connectivity index (χ0) is 37.8. The molecule has 9 heteroatoms. The minimum atomic E-state index is -3.46. The molecule has 0 spiro atoms. The maximum absolute atomic E-state index is 13.7. The molecule has 0 saturated heterocycles. The van der Waals surface area contributed by atoms with Gasteiger partial charge in [0, 0.05) is 22.1 Å². The van der Waals surface area contributed by atoms with E-state index in [9.17, 15) is 8.42 Å². The van der Waals surface area contributed by atoms with Crippen molar-refractivity contribution in [1.82, 2.24) is 9.97 Å². The molecule has 51 heavy (non-hydrogen) atoms. The first-order valence-electron chi connectivity index (χ1n) is 17.4. The van der Waals surface area contributed by atoms with Gasteiger partial charge in [0.05, 0.1) is 20.0 Å². The van der Waals surface area contributed by atoms with Gasteiger partial charge in [-0.3, -0.25) is 0 Å². The SMILES string of the molecule is Cc1cccc(C(C)(C)Oc2ccc(Nc3ncnc4ccc(-c5ccc(C(C)(C)CC(C)(C)C(C)(C)S(=O)(=O)C(C)(C)C)o5)cc34)cc2Cl)c1. The molecular formula is C42H52ClN3O4S. The van der Waals surface area contributed by atoms with Crippen LogP contribution in [0.1, 0.15) is 99.5 Å². The zero-order valence-electron chi connectivity index (χ0n) is 32.0. The number of furan rings is 1. The molecule has 5 aromatic rings. The number of nitrogens with zero attached hydrogens (tertiary/aromatic N) is 2. The van der Waals surface area contributed by atoms with E-state index in [1.54, 1.807) is 20.8 Å². The van der Waals surface area contributed by atoms with Crippen LogP contribution in [0.4, 0.5) is 11.5 Å². The second-order valence-corrected chi connectivity index (χ2v) is 20.6. The molecule has 0 amide bonds. The summed E-state index contributed by atoms with van der Waals surface area (Å²) < 4.78 is 38.4. The molecule has 272 valence electrons. The quantitative estimate of drug-likeness (QED) is 0.145. The molecule has 5 rings (SSSR count). The molecule has 0 atom stereocenters. The van der Waals surface area contributed by atoms with Crippen LogP contribution >= 0.6 is 11.6 Å². The van der Waals surface area contributed by atoms with E-state index in [2.05, 4.69) is 54.3 Å². The topological polar surface area (TPSA) is 94.3 Å². The predicted octanol–water partition coefficient (Wildman–Crippen LogP) is 11.6. The average molecular weight is 730 g/mol. The first-order chi connectivity index (χ1) is 23.4. The number of ether oxygens (including phenoxy) is 1. The molecule has 0 radical (unpaired) electrons. The van der Waals surface area contributed by atoms with E-state index < -0.39 is 35.8 Å². The molecular weight excluding hydrogens is 678 g/mol. The van der Waals surface area contributed by atoms with Crippen molar-refractivity contribution in [2.24, 2.45) is 5.41 Å². The van der Waals surface area contributed by atoms with Gasteiger partial charge in [-0.15, -0.1) is 0 Å². The first kappa shape index (κ1) is 38.4. The molecule has 0 aliphatic heterocycles. The monoisotopic (exact) mass is 729 g/mol. The summed E-state index contributed by atoms with van der Waals surface area (Å²) >= 11 is 6.75. The van der Waals surface area contributed by atoms with Crippen molar-refractivity contribution in [2.75, 3.05) is 5.32 Å². The highest BCUT2D eigenvalue weighted by atomic mass is 35.5. The number of benzene rings is 3. The third-order valence-electron chi connectivity index (χ3n) is 10.5. The summed E-state index contributed by atoms with van der Waals surface area (Å²) in [6.07, 6.45) is 2.13. The Kier molecular flexibility index (Phi) is 9.98. The molecule has 0 bridgehead atoms. The fourth-order valence-electron chi connectivity index (χ4n) is 6.85. The van der Waals surface area contributed by atoms with E-state index in [0.717, 1.165) is 33.5 Å². The maximum atomic E-state index is 13.7. The predicted molar refractivity (Wildman–Crippen MR) is 211 cm³/mol. The van der Waals surface area contributed by atoms with Gasteiger partial charge < -0.3 is 14.5 Å². The Morgan fingerprint density at radius 2 is 1.53 bits per heavy atom. The van der Waals surface area contributed by atoms with Gasteiger partial charge >= 0.3 is 0 Å². The number of hydrogen-bond acceptors (Lipinski definition) is 7. The first-order valence-corrected chi connectivity index (χ1v) is 19.2. The molecule has 1 N–H and O–H groups in total. The molecule has 7 nitrogen and oxygen atoms in total. The Morgan fingerprint density at radius 3 is 2.18 bits per heavy atom. The van der Waals surface area contributed by atoms with Gasteiger partial charge in [-0.25, -0.2) is 18.4 Å². The number of fused-ring (bicyclic) bond motifs is 1. The Balaban J connectivity index is 1.38. The number of halogens is 1.